The van der Waals surface area contributed by atoms with E-state index < -0.39 is 6.10 Å². The van der Waals surface area contributed by atoms with Crippen LogP contribution >= 0.6 is 0 Å². The molecule has 3 aromatic rings. The van der Waals surface area contributed by atoms with Gasteiger partial charge in [-0.15, -0.1) is 0 Å². The number of ether oxygens (including phenoxy) is 4. The zero-order valence-electron chi connectivity index (χ0n) is 22.5. The minimum absolute atomic E-state index is 0.114. The number of rotatable bonds is 14. The van der Waals surface area contributed by atoms with Gasteiger partial charge in [0.05, 0.1) is 31.7 Å². The van der Waals surface area contributed by atoms with Crippen molar-refractivity contribution in [3.63, 3.8) is 0 Å². The van der Waals surface area contributed by atoms with E-state index in [0.717, 1.165) is 12.8 Å². The van der Waals surface area contributed by atoms with Gasteiger partial charge in [0.15, 0.2) is 11.6 Å². The van der Waals surface area contributed by atoms with Gasteiger partial charge in [0.25, 0.3) is 11.8 Å². The fourth-order valence-electron chi connectivity index (χ4n) is 3.71. The third-order valence-corrected chi connectivity index (χ3v) is 5.71. The largest absolute Gasteiger partial charge is 0.491 e. The summed E-state index contributed by atoms with van der Waals surface area (Å²) in [5, 5.41) is 9.68. The molecule has 2 aromatic heterocycles. The van der Waals surface area contributed by atoms with Crippen LogP contribution in [-0.2, 0) is 21.3 Å². The molecule has 1 aliphatic rings. The highest BCUT2D eigenvalue weighted by molar-refractivity contribution is 6.04. The predicted molar refractivity (Wildman–Crippen MR) is 143 cm³/mol. The molecule has 2 heterocycles. The first-order chi connectivity index (χ1) is 18.8. The second-order valence-corrected chi connectivity index (χ2v) is 9.55. The maximum absolute atomic E-state index is 12.9. The Bertz CT molecular complexity index is 1260. The Morgan fingerprint density at radius 3 is 2.49 bits per heavy atom. The lowest BCUT2D eigenvalue weighted by atomic mass is 10.1. The van der Waals surface area contributed by atoms with Crippen molar-refractivity contribution in [2.45, 2.75) is 45.3 Å². The molecule has 0 spiro atoms. The van der Waals surface area contributed by atoms with E-state index in [0.29, 0.717) is 48.4 Å². The quantitative estimate of drug-likeness (QED) is 0.293. The van der Waals surface area contributed by atoms with Crippen LogP contribution in [0.15, 0.2) is 42.9 Å². The molecule has 208 valence electrons. The van der Waals surface area contributed by atoms with E-state index in [4.69, 9.17) is 18.9 Å². The first kappa shape index (κ1) is 28.0. The molecule has 1 aromatic carbocycles. The Morgan fingerprint density at radius 2 is 1.85 bits per heavy atom. The van der Waals surface area contributed by atoms with Crippen molar-refractivity contribution in [2.75, 3.05) is 31.0 Å². The van der Waals surface area contributed by atoms with Gasteiger partial charge < -0.3 is 29.6 Å². The number of anilines is 2. The molecule has 0 aliphatic heterocycles. The average Bonchev–Trinajstić information content (AvgIpc) is 3.62. The van der Waals surface area contributed by atoms with Crippen LogP contribution < -0.4 is 20.1 Å². The first-order valence-corrected chi connectivity index (χ1v) is 12.8. The minimum atomic E-state index is -0.579. The molecule has 0 bridgehead atoms. The van der Waals surface area contributed by atoms with Crippen molar-refractivity contribution in [1.29, 1.82) is 0 Å². The van der Waals surface area contributed by atoms with Crippen LogP contribution in [0.1, 0.15) is 43.5 Å². The van der Waals surface area contributed by atoms with Crippen molar-refractivity contribution >= 4 is 23.5 Å². The second-order valence-electron chi connectivity index (χ2n) is 9.55. The third-order valence-electron chi connectivity index (χ3n) is 5.71. The fraction of sp³-hybridized carbons (Fsp3) is 0.444. The maximum atomic E-state index is 12.9. The predicted octanol–water partition coefficient (Wildman–Crippen LogP) is 3.81. The maximum Gasteiger partial charge on any atom is 0.257 e. The number of carbonyl (C=O) groups is 2. The van der Waals surface area contributed by atoms with Crippen LogP contribution in [-0.4, -0.2) is 64.1 Å². The molecular formula is C27H34N6O6. The fourth-order valence-corrected chi connectivity index (χ4v) is 3.71. The van der Waals surface area contributed by atoms with Gasteiger partial charge in [-0.05, 0) is 38.3 Å². The summed E-state index contributed by atoms with van der Waals surface area (Å²) in [7, 11) is 3.35. The highest BCUT2D eigenvalue weighted by Crippen LogP contribution is 2.34. The number of benzene rings is 1. The van der Waals surface area contributed by atoms with E-state index in [1.54, 1.807) is 49.3 Å². The van der Waals surface area contributed by atoms with Gasteiger partial charge in [0.1, 0.15) is 17.6 Å². The number of carbonyl (C=O) groups excluding carboxylic acids is 2. The SMILES string of the molecule is COCCOC(CC1CC1)C(=O)Nc1cnc(Oc2cc(OC(C)C)cc(C(=O)Nc3ccn(C)n3)c2)cn1. The highest BCUT2D eigenvalue weighted by atomic mass is 16.5. The number of nitrogens with one attached hydrogen (secondary N) is 2. The molecule has 0 saturated heterocycles. The Kier molecular flexibility index (Phi) is 9.45. The summed E-state index contributed by atoms with van der Waals surface area (Å²) >= 11 is 0. The van der Waals surface area contributed by atoms with Crippen molar-refractivity contribution in [3.05, 3.63) is 48.4 Å². The Morgan fingerprint density at radius 1 is 1.05 bits per heavy atom. The smallest absolute Gasteiger partial charge is 0.257 e. The van der Waals surface area contributed by atoms with Crippen molar-refractivity contribution in [1.82, 2.24) is 19.7 Å². The third kappa shape index (κ3) is 8.76. The van der Waals surface area contributed by atoms with E-state index >= 15 is 0 Å². The molecule has 12 heteroatoms. The van der Waals surface area contributed by atoms with Crippen LogP contribution in [0.2, 0.25) is 0 Å². The monoisotopic (exact) mass is 538 g/mol. The van der Waals surface area contributed by atoms with Crippen molar-refractivity contribution in [3.8, 4) is 17.4 Å². The summed E-state index contributed by atoms with van der Waals surface area (Å²) in [6.45, 7) is 4.52. The second kappa shape index (κ2) is 13.2. The number of aryl methyl sites for hydroxylation is 1. The number of methoxy groups -OCH3 is 1. The Balaban J connectivity index is 1.42. The van der Waals surface area contributed by atoms with Crippen molar-refractivity contribution < 1.29 is 28.5 Å². The lowest BCUT2D eigenvalue weighted by Crippen LogP contribution is -2.32. The normalized spacial score (nSPS) is 13.7. The number of aromatic nitrogens is 4. The van der Waals surface area contributed by atoms with Gasteiger partial charge in [-0.2, -0.15) is 5.10 Å². The van der Waals surface area contributed by atoms with Gasteiger partial charge in [0.2, 0.25) is 5.88 Å². The van der Waals surface area contributed by atoms with Crippen LogP contribution in [0.25, 0.3) is 0 Å². The van der Waals surface area contributed by atoms with Gasteiger partial charge in [-0.25, -0.2) is 9.97 Å². The average molecular weight is 539 g/mol. The molecule has 1 atom stereocenters. The van der Waals surface area contributed by atoms with E-state index in [-0.39, 0.29) is 29.6 Å². The first-order valence-electron chi connectivity index (χ1n) is 12.8. The topological polar surface area (TPSA) is 139 Å². The molecule has 12 nitrogen and oxygen atoms in total. The van der Waals surface area contributed by atoms with E-state index in [1.807, 2.05) is 13.8 Å². The van der Waals surface area contributed by atoms with Crippen LogP contribution in [0.5, 0.6) is 17.4 Å². The Labute approximate surface area is 227 Å². The van der Waals surface area contributed by atoms with Crippen LogP contribution in [0.4, 0.5) is 11.6 Å². The number of nitrogens with zero attached hydrogens (tertiary/aromatic N) is 4. The van der Waals surface area contributed by atoms with E-state index in [9.17, 15) is 9.59 Å². The summed E-state index contributed by atoms with van der Waals surface area (Å²) in [6, 6.07) is 6.55. The van der Waals surface area contributed by atoms with Crippen LogP contribution in [0.3, 0.4) is 0 Å². The summed E-state index contributed by atoms with van der Waals surface area (Å²) in [4.78, 5) is 34.1. The van der Waals surface area contributed by atoms with Gasteiger partial charge in [0, 0.05) is 38.1 Å². The highest BCUT2D eigenvalue weighted by Gasteiger charge is 2.30. The summed E-state index contributed by atoms with van der Waals surface area (Å²) in [5.41, 5.74) is 0.320. The van der Waals surface area contributed by atoms with Crippen molar-refractivity contribution in [2.24, 2.45) is 13.0 Å². The number of hydrogen-bond donors (Lipinski definition) is 2. The number of amides is 2. The molecule has 1 aliphatic carbocycles. The van der Waals surface area contributed by atoms with Gasteiger partial charge >= 0.3 is 0 Å². The summed E-state index contributed by atoms with van der Waals surface area (Å²) in [6.07, 6.45) is 6.71. The van der Waals surface area contributed by atoms with Gasteiger partial charge in [-0.3, -0.25) is 14.3 Å². The van der Waals surface area contributed by atoms with E-state index in [2.05, 4.69) is 25.7 Å². The molecule has 0 radical (unpaired) electrons. The molecule has 2 amide bonds. The molecule has 1 unspecified atom stereocenters. The molecule has 1 saturated carbocycles. The molecular weight excluding hydrogens is 504 g/mol. The molecule has 1 fully saturated rings. The summed E-state index contributed by atoms with van der Waals surface area (Å²) in [5.74, 6) is 1.53. The Hall–Kier alpha value is -4.03. The molecule has 39 heavy (non-hydrogen) atoms. The number of hydrogen-bond acceptors (Lipinski definition) is 9. The zero-order valence-corrected chi connectivity index (χ0v) is 22.5. The molecule has 2 N–H and O–H groups in total. The van der Waals surface area contributed by atoms with Gasteiger partial charge in [-0.1, -0.05) is 12.8 Å². The lowest BCUT2D eigenvalue weighted by molar-refractivity contribution is -0.129. The lowest BCUT2D eigenvalue weighted by Gasteiger charge is -2.17. The van der Waals surface area contributed by atoms with E-state index in [1.165, 1.54) is 12.4 Å². The minimum Gasteiger partial charge on any atom is -0.491 e. The standard InChI is InChI=1S/C27H34N6O6/c1-17(2)38-20-12-19(26(34)30-23-7-8-33(3)32-23)13-21(14-20)39-25-16-28-24(15-29-25)31-27(35)22(11-18-5-6-18)37-10-9-36-4/h7-8,12-18,22H,5-6,9-11H2,1-4H3,(H,28,31,35)(H,30,32,34). The van der Waals surface area contributed by atoms with Crippen LogP contribution in [0, 0.1) is 5.92 Å². The summed E-state index contributed by atoms with van der Waals surface area (Å²) < 4.78 is 24.0. The zero-order chi connectivity index (χ0) is 27.8. The molecule has 4 rings (SSSR count).